The highest BCUT2D eigenvalue weighted by atomic mass is 32.2. The molecule has 33 heavy (non-hydrogen) atoms. The molecular weight excluding hydrogens is 462 g/mol. The van der Waals surface area contributed by atoms with E-state index in [9.17, 15) is 21.6 Å². The lowest BCUT2D eigenvalue weighted by Gasteiger charge is -2.27. The summed E-state index contributed by atoms with van der Waals surface area (Å²) in [5, 5.41) is 0. The van der Waals surface area contributed by atoms with Crippen molar-refractivity contribution in [3.8, 4) is 0 Å². The molecule has 180 valence electrons. The molecule has 0 heterocycles. The van der Waals surface area contributed by atoms with Crippen molar-refractivity contribution < 1.29 is 26.4 Å². The highest BCUT2D eigenvalue weighted by Gasteiger charge is 2.29. The highest BCUT2D eigenvalue weighted by molar-refractivity contribution is 7.91. The lowest BCUT2D eigenvalue weighted by atomic mass is 9.82. The number of carbonyl (C=O) groups excluding carboxylic acids is 1. The number of ether oxygens (including phenoxy) is 1. The Morgan fingerprint density at radius 3 is 2.18 bits per heavy atom. The minimum absolute atomic E-state index is 0.0160. The Morgan fingerprint density at radius 1 is 0.970 bits per heavy atom. The maximum absolute atomic E-state index is 13.3. The zero-order valence-corrected chi connectivity index (χ0v) is 20.8. The average molecular weight is 494 g/mol. The van der Waals surface area contributed by atoms with Gasteiger partial charge in [0.1, 0.15) is 0 Å². The molecule has 0 unspecified atom stereocenters. The van der Waals surface area contributed by atoms with E-state index in [-0.39, 0.29) is 45.0 Å². The summed E-state index contributed by atoms with van der Waals surface area (Å²) in [5.74, 6) is -0.345. The van der Waals surface area contributed by atoms with Crippen molar-refractivity contribution in [3.63, 3.8) is 0 Å². The number of sulfonamides is 1. The lowest BCUT2D eigenvalue weighted by molar-refractivity contribution is -0.146. The first-order chi connectivity index (χ1) is 15.6. The number of hydrogen-bond acceptors (Lipinski definition) is 6. The van der Waals surface area contributed by atoms with Gasteiger partial charge in [-0.2, -0.15) is 0 Å². The molecule has 0 atom stereocenters. The summed E-state index contributed by atoms with van der Waals surface area (Å²) < 4.78 is 60.1. The number of esters is 1. The van der Waals surface area contributed by atoms with E-state index in [4.69, 9.17) is 4.74 Å². The highest BCUT2D eigenvalue weighted by Crippen LogP contribution is 2.31. The van der Waals surface area contributed by atoms with Crippen molar-refractivity contribution >= 4 is 25.8 Å². The second kappa shape index (κ2) is 10.4. The molecule has 2 aromatic carbocycles. The van der Waals surface area contributed by atoms with Crippen molar-refractivity contribution in [3.05, 3.63) is 54.1 Å². The maximum Gasteiger partial charge on any atom is 0.308 e. The average Bonchev–Trinajstić information content (AvgIpc) is 2.82. The van der Waals surface area contributed by atoms with Gasteiger partial charge in [-0.3, -0.25) is 4.79 Å². The van der Waals surface area contributed by atoms with Crippen molar-refractivity contribution in [2.45, 2.75) is 60.1 Å². The molecule has 1 fully saturated rings. The monoisotopic (exact) mass is 493 g/mol. The van der Waals surface area contributed by atoms with Gasteiger partial charge in [0.2, 0.25) is 19.9 Å². The van der Waals surface area contributed by atoms with E-state index in [1.165, 1.54) is 31.4 Å². The summed E-state index contributed by atoms with van der Waals surface area (Å²) >= 11 is 0. The summed E-state index contributed by atoms with van der Waals surface area (Å²) in [5.41, 5.74) is 0.559. The molecule has 9 heteroatoms. The Morgan fingerprint density at radius 2 is 1.61 bits per heavy atom. The van der Waals surface area contributed by atoms with Crippen LogP contribution < -0.4 is 4.72 Å². The third-order valence-electron chi connectivity index (χ3n) is 6.20. The molecular formula is C24H31NO6S2. The van der Waals surface area contributed by atoms with Crippen LogP contribution in [0.3, 0.4) is 0 Å². The number of carbonyl (C=O) groups is 1. The molecule has 0 aliphatic heterocycles. The number of methoxy groups -OCH3 is 1. The van der Waals surface area contributed by atoms with E-state index in [1.54, 1.807) is 24.3 Å². The van der Waals surface area contributed by atoms with Gasteiger partial charge in [0.25, 0.3) is 0 Å². The minimum atomic E-state index is -3.94. The SMILES string of the molecule is COC(=O)[C@H]1CC[C@H](CNS(=O)(=O)c2cc(S(=O)(=O)c3ccccc3)ccc2C(C)C)CC1. The van der Waals surface area contributed by atoms with Gasteiger partial charge in [-0.15, -0.1) is 0 Å². The Hall–Kier alpha value is -2.23. The quantitative estimate of drug-likeness (QED) is 0.559. The van der Waals surface area contributed by atoms with Crippen LogP contribution in [0.4, 0.5) is 0 Å². The van der Waals surface area contributed by atoms with Crippen molar-refractivity contribution in [2.75, 3.05) is 13.7 Å². The second-order valence-electron chi connectivity index (χ2n) is 8.76. The first kappa shape index (κ1) is 25.4. The molecule has 0 amide bonds. The van der Waals surface area contributed by atoms with E-state index in [1.807, 2.05) is 13.8 Å². The fourth-order valence-electron chi connectivity index (χ4n) is 4.20. The second-order valence-corrected chi connectivity index (χ2v) is 12.4. The minimum Gasteiger partial charge on any atom is -0.469 e. The summed E-state index contributed by atoms with van der Waals surface area (Å²) in [6.07, 6.45) is 2.78. The van der Waals surface area contributed by atoms with Crippen LogP contribution in [0.2, 0.25) is 0 Å². The molecule has 0 saturated heterocycles. The van der Waals surface area contributed by atoms with Crippen LogP contribution in [0.1, 0.15) is 51.0 Å². The molecule has 7 nitrogen and oxygen atoms in total. The molecule has 1 saturated carbocycles. The third kappa shape index (κ3) is 5.83. The van der Waals surface area contributed by atoms with Crippen molar-refractivity contribution in [1.29, 1.82) is 0 Å². The van der Waals surface area contributed by atoms with Gasteiger partial charge in [-0.1, -0.05) is 38.1 Å². The lowest BCUT2D eigenvalue weighted by Crippen LogP contribution is -2.33. The van der Waals surface area contributed by atoms with E-state index in [0.717, 1.165) is 12.8 Å². The van der Waals surface area contributed by atoms with E-state index in [2.05, 4.69) is 4.72 Å². The zero-order valence-electron chi connectivity index (χ0n) is 19.2. The van der Waals surface area contributed by atoms with Crippen LogP contribution in [0.5, 0.6) is 0 Å². The standard InChI is InChI=1S/C24H31NO6S2/c1-17(2)22-14-13-21(32(27,28)20-7-5-4-6-8-20)15-23(22)33(29,30)25-16-18-9-11-19(12-10-18)24(26)31-3/h4-8,13-15,17-19,25H,9-12,16H2,1-3H3/t18-,19-. The Bertz CT molecular complexity index is 1180. The van der Waals surface area contributed by atoms with Gasteiger partial charge in [-0.05, 0) is 67.3 Å². The first-order valence-electron chi connectivity index (χ1n) is 11.1. The topological polar surface area (TPSA) is 107 Å². The van der Waals surface area contributed by atoms with Gasteiger partial charge < -0.3 is 4.74 Å². The zero-order chi connectivity index (χ0) is 24.2. The van der Waals surface area contributed by atoms with E-state index >= 15 is 0 Å². The summed E-state index contributed by atoms with van der Waals surface area (Å²) in [6, 6.07) is 12.3. The van der Waals surface area contributed by atoms with Gasteiger partial charge in [0.15, 0.2) is 0 Å². The Labute approximate surface area is 196 Å². The van der Waals surface area contributed by atoms with Crippen molar-refractivity contribution in [2.24, 2.45) is 11.8 Å². The van der Waals surface area contributed by atoms with Crippen LogP contribution >= 0.6 is 0 Å². The van der Waals surface area contributed by atoms with Crippen LogP contribution in [0.15, 0.2) is 63.2 Å². The Balaban J connectivity index is 1.83. The summed E-state index contributed by atoms with van der Waals surface area (Å²) in [6.45, 7) is 3.98. The fraction of sp³-hybridized carbons (Fsp3) is 0.458. The number of nitrogens with one attached hydrogen (secondary N) is 1. The molecule has 1 N–H and O–H groups in total. The van der Waals surface area contributed by atoms with Gasteiger partial charge in [0.05, 0.1) is 27.7 Å². The molecule has 3 rings (SSSR count). The summed E-state index contributed by atoms with van der Waals surface area (Å²) in [4.78, 5) is 11.7. The largest absolute Gasteiger partial charge is 0.469 e. The fourth-order valence-corrected chi connectivity index (χ4v) is 7.09. The Kier molecular flexibility index (Phi) is 7.97. The van der Waals surface area contributed by atoms with Crippen molar-refractivity contribution in [1.82, 2.24) is 4.72 Å². The first-order valence-corrected chi connectivity index (χ1v) is 14.0. The molecule has 0 bridgehead atoms. The van der Waals surface area contributed by atoms with Gasteiger partial charge >= 0.3 is 5.97 Å². The molecule has 1 aliphatic rings. The molecule has 0 radical (unpaired) electrons. The predicted octanol–water partition coefficient (Wildman–Crippen LogP) is 3.90. The molecule has 0 aromatic heterocycles. The van der Waals surface area contributed by atoms with Crippen LogP contribution in [0, 0.1) is 11.8 Å². The number of hydrogen-bond donors (Lipinski definition) is 1. The smallest absolute Gasteiger partial charge is 0.308 e. The van der Waals surface area contributed by atoms with Gasteiger partial charge in [-0.25, -0.2) is 21.6 Å². The van der Waals surface area contributed by atoms with Crippen LogP contribution in [-0.4, -0.2) is 36.5 Å². The number of rotatable bonds is 8. The van der Waals surface area contributed by atoms with Gasteiger partial charge in [0, 0.05) is 6.54 Å². The molecule has 1 aliphatic carbocycles. The molecule has 2 aromatic rings. The summed E-state index contributed by atoms with van der Waals surface area (Å²) in [7, 11) is -6.42. The number of benzene rings is 2. The van der Waals surface area contributed by atoms with E-state index in [0.29, 0.717) is 18.4 Å². The van der Waals surface area contributed by atoms with Crippen LogP contribution in [-0.2, 0) is 29.4 Å². The maximum atomic E-state index is 13.3. The number of sulfone groups is 1. The normalized spacial score (nSPS) is 19.4. The predicted molar refractivity (Wildman–Crippen MR) is 125 cm³/mol. The van der Waals surface area contributed by atoms with Crippen LogP contribution in [0.25, 0.3) is 0 Å². The molecule has 0 spiro atoms. The third-order valence-corrected chi connectivity index (χ3v) is 9.45. The van der Waals surface area contributed by atoms with E-state index < -0.39 is 19.9 Å².